The molecule has 1 aromatic carbocycles. The van der Waals surface area contributed by atoms with Gasteiger partial charge in [0, 0.05) is 41.9 Å². The molecule has 1 spiro atoms. The van der Waals surface area contributed by atoms with Gasteiger partial charge < -0.3 is 24.6 Å². The maximum atomic E-state index is 13.8. The van der Waals surface area contributed by atoms with Gasteiger partial charge >= 0.3 is 18.9 Å². The molecule has 4 atom stereocenters. The van der Waals surface area contributed by atoms with E-state index in [2.05, 4.69) is 5.32 Å². The van der Waals surface area contributed by atoms with E-state index in [1.807, 2.05) is 0 Å². The number of carbonyl (C=O) groups is 2. The number of amides is 2. The standard InChI is InChI=1S/C22H18F3N3O5.Li/c23-9-3-12(24)10(13(25)4-9)6-26-20(31)11-7-27-8-16-28(21(32)17(27)19(30)18(11)29)14-5-22(14)2-1-15(22)33-16;/h3-4,7,14-16,30H,1-2,5-6,8H2,(H,26,31);/q;+1/p-1/t14-,15-,16-,22?;/m1./s1. The van der Waals surface area contributed by atoms with Crippen LogP contribution in [0.25, 0.3) is 0 Å². The van der Waals surface area contributed by atoms with Crippen LogP contribution >= 0.6 is 0 Å². The summed E-state index contributed by atoms with van der Waals surface area (Å²) < 4.78 is 48.0. The molecule has 2 aliphatic carbocycles. The molecule has 2 aromatic rings. The fourth-order valence-corrected chi connectivity index (χ4v) is 5.45. The fourth-order valence-electron chi connectivity index (χ4n) is 5.45. The monoisotopic (exact) mass is 467 g/mol. The largest absolute Gasteiger partial charge is 1.00 e. The molecule has 1 aromatic heterocycles. The molecule has 8 nitrogen and oxygen atoms in total. The summed E-state index contributed by atoms with van der Waals surface area (Å²) in [7, 11) is 0. The molecule has 6 rings (SSSR count). The van der Waals surface area contributed by atoms with E-state index in [0.29, 0.717) is 12.1 Å². The van der Waals surface area contributed by atoms with Crippen molar-refractivity contribution in [2.24, 2.45) is 5.41 Å². The van der Waals surface area contributed by atoms with Gasteiger partial charge in [0.1, 0.15) is 28.7 Å². The molecular weight excluding hydrogens is 450 g/mol. The van der Waals surface area contributed by atoms with Gasteiger partial charge in [0.2, 0.25) is 0 Å². The second-order valence-electron chi connectivity index (χ2n) is 9.02. The summed E-state index contributed by atoms with van der Waals surface area (Å²) in [6.07, 6.45) is 3.24. The van der Waals surface area contributed by atoms with Gasteiger partial charge in [-0.25, -0.2) is 13.2 Å². The van der Waals surface area contributed by atoms with Gasteiger partial charge in [0.05, 0.1) is 12.6 Å². The average molecular weight is 467 g/mol. The van der Waals surface area contributed by atoms with Crippen molar-refractivity contribution in [1.29, 1.82) is 0 Å². The van der Waals surface area contributed by atoms with E-state index in [1.54, 1.807) is 4.90 Å². The van der Waals surface area contributed by atoms with Crippen LogP contribution in [0.15, 0.2) is 23.1 Å². The van der Waals surface area contributed by atoms with E-state index < -0.39 is 64.3 Å². The maximum absolute atomic E-state index is 13.8. The van der Waals surface area contributed by atoms with Crippen LogP contribution in [0.2, 0.25) is 0 Å². The van der Waals surface area contributed by atoms with Crippen molar-refractivity contribution in [2.45, 2.75) is 50.7 Å². The number of ether oxygens (including phenoxy) is 1. The van der Waals surface area contributed by atoms with Crippen molar-refractivity contribution >= 4 is 11.8 Å². The third-order valence-electron chi connectivity index (χ3n) is 7.36. The molecule has 4 aliphatic rings. The van der Waals surface area contributed by atoms with Crippen LogP contribution in [-0.2, 0) is 17.8 Å². The Kier molecular flexibility index (Phi) is 5.17. The third kappa shape index (κ3) is 3.07. The van der Waals surface area contributed by atoms with Gasteiger partial charge in [-0.3, -0.25) is 14.4 Å². The molecule has 2 aliphatic heterocycles. The SMILES string of the molecule is O=C(NCc1c(F)cc(F)cc1F)c1cn2c(c([O-])c1=O)C(=O)N1[C@@H](C2)O[C@@H]2CCC23C[C@@H]13.[Li+]. The summed E-state index contributed by atoms with van der Waals surface area (Å²) in [4.78, 5) is 39.8. The minimum Gasteiger partial charge on any atom is -0.868 e. The number of carbonyl (C=O) groups excluding carboxylic acids is 2. The minimum absolute atomic E-state index is 0. The number of benzene rings is 1. The topological polar surface area (TPSA) is 104 Å². The van der Waals surface area contributed by atoms with Gasteiger partial charge in [0.15, 0.2) is 11.7 Å². The zero-order valence-electron chi connectivity index (χ0n) is 18.1. The van der Waals surface area contributed by atoms with Gasteiger partial charge in [0.25, 0.3) is 11.8 Å². The summed E-state index contributed by atoms with van der Waals surface area (Å²) >= 11 is 0. The summed E-state index contributed by atoms with van der Waals surface area (Å²) in [6.45, 7) is -0.586. The van der Waals surface area contributed by atoms with E-state index in [1.165, 1.54) is 4.57 Å². The molecule has 3 heterocycles. The van der Waals surface area contributed by atoms with Crippen LogP contribution in [0.3, 0.4) is 0 Å². The molecule has 3 fully saturated rings. The van der Waals surface area contributed by atoms with Crippen molar-refractivity contribution in [1.82, 2.24) is 14.8 Å². The van der Waals surface area contributed by atoms with E-state index in [0.717, 1.165) is 25.5 Å². The van der Waals surface area contributed by atoms with Crippen LogP contribution in [0.5, 0.6) is 5.75 Å². The number of fused-ring (bicyclic) bond motifs is 3. The Hall–Kier alpha value is -2.74. The second kappa shape index (κ2) is 7.63. The van der Waals surface area contributed by atoms with Gasteiger partial charge in [-0.05, 0) is 25.0 Å². The quantitative estimate of drug-likeness (QED) is 0.527. The first-order valence-corrected chi connectivity index (χ1v) is 10.6. The molecule has 34 heavy (non-hydrogen) atoms. The summed E-state index contributed by atoms with van der Waals surface area (Å²) in [6, 6.07) is 0.924. The molecule has 1 saturated heterocycles. The zero-order chi connectivity index (χ0) is 23.2. The van der Waals surface area contributed by atoms with Crippen LogP contribution in [0, 0.1) is 22.9 Å². The number of hydrogen-bond acceptors (Lipinski definition) is 5. The maximum Gasteiger partial charge on any atom is 1.00 e. The van der Waals surface area contributed by atoms with Crippen molar-refractivity contribution in [3.05, 3.63) is 62.8 Å². The van der Waals surface area contributed by atoms with Crippen LogP contribution in [0.4, 0.5) is 13.2 Å². The number of pyridine rings is 1. The van der Waals surface area contributed by atoms with E-state index in [-0.39, 0.29) is 48.7 Å². The molecule has 1 N–H and O–H groups in total. The molecular formula is C22H17F3LiN3O5. The molecule has 0 radical (unpaired) electrons. The Balaban J connectivity index is 0.00000241. The van der Waals surface area contributed by atoms with Crippen molar-refractivity contribution < 1.29 is 51.5 Å². The van der Waals surface area contributed by atoms with E-state index in [4.69, 9.17) is 4.74 Å². The van der Waals surface area contributed by atoms with Crippen molar-refractivity contribution in [3.8, 4) is 5.75 Å². The smallest absolute Gasteiger partial charge is 0.868 e. The Bertz CT molecular complexity index is 1290. The third-order valence-corrected chi connectivity index (χ3v) is 7.36. The van der Waals surface area contributed by atoms with Gasteiger partial charge in [-0.2, -0.15) is 0 Å². The number of hydrogen-bond donors (Lipinski definition) is 1. The summed E-state index contributed by atoms with van der Waals surface area (Å²) in [5.74, 6) is -6.27. The van der Waals surface area contributed by atoms with Crippen LogP contribution in [0.1, 0.15) is 45.7 Å². The Labute approximate surface area is 202 Å². The summed E-state index contributed by atoms with van der Waals surface area (Å²) in [5.41, 5.74) is -2.70. The molecule has 1 unspecified atom stereocenters. The first kappa shape index (κ1) is 23.0. The molecule has 2 amide bonds. The number of nitrogens with zero attached hydrogens (tertiary/aromatic N) is 2. The Morgan fingerprint density at radius 2 is 1.94 bits per heavy atom. The zero-order valence-corrected chi connectivity index (χ0v) is 18.1. The first-order chi connectivity index (χ1) is 15.7. The van der Waals surface area contributed by atoms with Crippen molar-refractivity contribution in [2.75, 3.05) is 0 Å². The van der Waals surface area contributed by atoms with E-state index in [9.17, 15) is 32.7 Å². The predicted molar refractivity (Wildman–Crippen MR) is 103 cm³/mol. The average Bonchev–Trinajstić information content (AvgIpc) is 3.50. The minimum atomic E-state index is -1.20. The fraction of sp³-hybridized carbons (Fsp3) is 0.409. The number of halogens is 3. The Morgan fingerprint density at radius 3 is 2.59 bits per heavy atom. The van der Waals surface area contributed by atoms with Gasteiger partial charge in [-0.1, -0.05) is 0 Å². The number of rotatable bonds is 3. The molecule has 12 heteroatoms. The van der Waals surface area contributed by atoms with Crippen LogP contribution < -0.4 is 34.7 Å². The van der Waals surface area contributed by atoms with E-state index >= 15 is 0 Å². The first-order valence-electron chi connectivity index (χ1n) is 10.6. The van der Waals surface area contributed by atoms with Crippen molar-refractivity contribution in [3.63, 3.8) is 0 Å². The molecule has 2 saturated carbocycles. The molecule has 0 bridgehead atoms. The number of aromatic nitrogens is 1. The predicted octanol–water partition coefficient (Wildman–Crippen LogP) is -1.99. The Morgan fingerprint density at radius 1 is 1.24 bits per heavy atom. The normalized spacial score (nSPS) is 27.9. The van der Waals surface area contributed by atoms with Gasteiger partial charge in [-0.15, -0.1) is 0 Å². The molecule has 172 valence electrons. The van der Waals surface area contributed by atoms with Crippen LogP contribution in [-0.4, -0.2) is 39.7 Å². The summed E-state index contributed by atoms with van der Waals surface area (Å²) in [5, 5.41) is 14.9. The number of nitrogens with one attached hydrogen (secondary N) is 1. The second-order valence-corrected chi connectivity index (χ2v) is 9.02.